The smallest absolute Gasteiger partial charge is 0.223 e. The summed E-state index contributed by atoms with van der Waals surface area (Å²) in [6.07, 6.45) is 2.47. The van der Waals surface area contributed by atoms with Gasteiger partial charge in [0, 0.05) is 32.1 Å². The van der Waals surface area contributed by atoms with Crippen LogP contribution < -0.4 is 10.2 Å². The zero-order chi connectivity index (χ0) is 15.8. The van der Waals surface area contributed by atoms with Gasteiger partial charge >= 0.3 is 0 Å². The van der Waals surface area contributed by atoms with Crippen molar-refractivity contribution < 1.29 is 9.59 Å². The van der Waals surface area contributed by atoms with Crippen molar-refractivity contribution in [2.45, 2.75) is 47.0 Å². The number of hydrogen-bond acceptors (Lipinski definition) is 2. The predicted octanol–water partition coefficient (Wildman–Crippen LogP) is 2.96. The third kappa shape index (κ3) is 5.58. The first-order chi connectivity index (χ1) is 9.95. The van der Waals surface area contributed by atoms with Gasteiger partial charge in [0.05, 0.1) is 0 Å². The highest BCUT2D eigenvalue weighted by atomic mass is 16.2. The van der Waals surface area contributed by atoms with E-state index in [-0.39, 0.29) is 11.8 Å². The van der Waals surface area contributed by atoms with Gasteiger partial charge in [-0.3, -0.25) is 9.59 Å². The molecule has 0 aliphatic carbocycles. The lowest BCUT2D eigenvalue weighted by Gasteiger charge is -2.23. The Morgan fingerprint density at radius 1 is 1.24 bits per heavy atom. The second-order valence-electron chi connectivity index (χ2n) is 5.41. The topological polar surface area (TPSA) is 49.4 Å². The monoisotopic (exact) mass is 290 g/mol. The molecule has 0 saturated heterocycles. The third-order valence-corrected chi connectivity index (χ3v) is 3.44. The maximum absolute atomic E-state index is 11.8. The van der Waals surface area contributed by atoms with Crippen LogP contribution in [0.15, 0.2) is 18.2 Å². The predicted molar refractivity (Wildman–Crippen MR) is 86.5 cm³/mol. The summed E-state index contributed by atoms with van der Waals surface area (Å²) in [5, 5.41) is 2.87. The normalized spacial score (nSPS) is 10.3. The summed E-state index contributed by atoms with van der Waals surface area (Å²) in [4.78, 5) is 25.1. The summed E-state index contributed by atoms with van der Waals surface area (Å²) < 4.78 is 0. The molecule has 1 N–H and O–H groups in total. The van der Waals surface area contributed by atoms with Crippen molar-refractivity contribution in [1.29, 1.82) is 0 Å². The first-order valence-electron chi connectivity index (χ1n) is 7.57. The molecule has 0 aliphatic rings. The van der Waals surface area contributed by atoms with Crippen LogP contribution in [0.5, 0.6) is 0 Å². The van der Waals surface area contributed by atoms with Crippen LogP contribution in [0.1, 0.15) is 44.2 Å². The van der Waals surface area contributed by atoms with E-state index in [2.05, 4.69) is 18.3 Å². The van der Waals surface area contributed by atoms with E-state index in [9.17, 15) is 9.59 Å². The van der Waals surface area contributed by atoms with E-state index in [4.69, 9.17) is 0 Å². The highest BCUT2D eigenvalue weighted by Crippen LogP contribution is 2.21. The van der Waals surface area contributed by atoms with Crippen molar-refractivity contribution in [3.05, 3.63) is 29.3 Å². The van der Waals surface area contributed by atoms with Crippen molar-refractivity contribution in [1.82, 2.24) is 5.32 Å². The van der Waals surface area contributed by atoms with Crippen molar-refractivity contribution in [3.8, 4) is 0 Å². The standard InChI is InChI=1S/C17H26N2O2/c1-5-6-7-17(21)18-10-11-19(15(4)20)16-9-8-13(2)12-14(16)3/h8-9,12H,5-7,10-11H2,1-4H3,(H,18,21). The van der Waals surface area contributed by atoms with Gasteiger partial charge in [-0.05, 0) is 31.9 Å². The number of amides is 2. The number of rotatable bonds is 7. The molecule has 2 amide bonds. The largest absolute Gasteiger partial charge is 0.354 e. The van der Waals surface area contributed by atoms with E-state index < -0.39 is 0 Å². The fraction of sp³-hybridized carbons (Fsp3) is 0.529. The van der Waals surface area contributed by atoms with Gasteiger partial charge < -0.3 is 10.2 Å². The average Bonchev–Trinajstić information content (AvgIpc) is 2.42. The van der Waals surface area contributed by atoms with Gasteiger partial charge in [0.1, 0.15) is 0 Å². The number of nitrogens with zero attached hydrogens (tertiary/aromatic N) is 1. The van der Waals surface area contributed by atoms with Crippen LogP contribution in [0.3, 0.4) is 0 Å². The molecule has 0 aromatic heterocycles. The molecule has 0 heterocycles. The highest BCUT2D eigenvalue weighted by Gasteiger charge is 2.13. The van der Waals surface area contributed by atoms with Crippen LogP contribution in [0.2, 0.25) is 0 Å². The Bertz CT molecular complexity index is 498. The summed E-state index contributed by atoms with van der Waals surface area (Å²) in [7, 11) is 0. The zero-order valence-corrected chi connectivity index (χ0v) is 13.5. The number of aryl methyl sites for hydroxylation is 2. The number of nitrogens with one attached hydrogen (secondary N) is 1. The molecule has 0 aliphatic heterocycles. The molecule has 116 valence electrons. The lowest BCUT2D eigenvalue weighted by Crippen LogP contribution is -2.37. The number of anilines is 1. The number of unbranched alkanes of at least 4 members (excludes halogenated alkanes) is 1. The first kappa shape index (κ1) is 17.2. The molecule has 0 spiro atoms. The molecule has 4 heteroatoms. The van der Waals surface area contributed by atoms with Gasteiger partial charge in [0.25, 0.3) is 0 Å². The minimum Gasteiger partial charge on any atom is -0.354 e. The number of carbonyl (C=O) groups excluding carboxylic acids is 2. The minimum atomic E-state index is -0.00948. The average molecular weight is 290 g/mol. The Morgan fingerprint density at radius 2 is 1.95 bits per heavy atom. The summed E-state index contributed by atoms with van der Waals surface area (Å²) in [6, 6.07) is 6.02. The maximum atomic E-state index is 11.8. The van der Waals surface area contributed by atoms with E-state index >= 15 is 0 Å². The van der Waals surface area contributed by atoms with Crippen molar-refractivity contribution in [3.63, 3.8) is 0 Å². The molecule has 1 aromatic rings. The molecule has 0 radical (unpaired) electrons. The molecule has 4 nitrogen and oxygen atoms in total. The summed E-state index contributed by atoms with van der Waals surface area (Å²) >= 11 is 0. The molecule has 1 rings (SSSR count). The second kappa shape index (κ2) is 8.45. The van der Waals surface area contributed by atoms with Crippen LogP contribution in [0.4, 0.5) is 5.69 Å². The van der Waals surface area contributed by atoms with Crippen molar-refractivity contribution >= 4 is 17.5 Å². The number of benzene rings is 1. The molecular weight excluding hydrogens is 264 g/mol. The Morgan fingerprint density at radius 3 is 2.52 bits per heavy atom. The molecule has 0 atom stereocenters. The van der Waals surface area contributed by atoms with E-state index in [1.54, 1.807) is 11.8 Å². The molecular formula is C17H26N2O2. The minimum absolute atomic E-state index is 0.00948. The fourth-order valence-electron chi connectivity index (χ4n) is 2.29. The SMILES string of the molecule is CCCCC(=O)NCCN(C(C)=O)c1ccc(C)cc1C. The Hall–Kier alpha value is -1.84. The van der Waals surface area contributed by atoms with E-state index in [0.717, 1.165) is 24.1 Å². The van der Waals surface area contributed by atoms with Crippen LogP contribution in [-0.2, 0) is 9.59 Å². The molecule has 21 heavy (non-hydrogen) atoms. The number of carbonyl (C=O) groups is 2. The van der Waals surface area contributed by atoms with Gasteiger partial charge in [-0.2, -0.15) is 0 Å². The van der Waals surface area contributed by atoms with Gasteiger partial charge in [0.15, 0.2) is 0 Å². The lowest BCUT2D eigenvalue weighted by atomic mass is 10.1. The first-order valence-corrected chi connectivity index (χ1v) is 7.57. The van der Waals surface area contributed by atoms with Gasteiger partial charge in [-0.1, -0.05) is 31.0 Å². The summed E-state index contributed by atoms with van der Waals surface area (Å²) in [5.74, 6) is 0.0470. The van der Waals surface area contributed by atoms with Crippen LogP contribution in [0, 0.1) is 13.8 Å². The Kier molecular flexibility index (Phi) is 6.92. The summed E-state index contributed by atoms with van der Waals surface area (Å²) in [5.41, 5.74) is 3.16. The summed E-state index contributed by atoms with van der Waals surface area (Å²) in [6.45, 7) is 8.62. The Labute approximate surface area is 127 Å². The van der Waals surface area contributed by atoms with E-state index in [0.29, 0.717) is 19.5 Å². The van der Waals surface area contributed by atoms with Crippen LogP contribution in [-0.4, -0.2) is 24.9 Å². The van der Waals surface area contributed by atoms with Gasteiger partial charge in [0.2, 0.25) is 11.8 Å². The fourth-order valence-corrected chi connectivity index (χ4v) is 2.29. The van der Waals surface area contributed by atoms with E-state index in [1.807, 2.05) is 26.0 Å². The number of hydrogen-bond donors (Lipinski definition) is 1. The van der Waals surface area contributed by atoms with Crippen molar-refractivity contribution in [2.24, 2.45) is 0 Å². The molecule has 0 unspecified atom stereocenters. The second-order valence-corrected chi connectivity index (χ2v) is 5.41. The third-order valence-electron chi connectivity index (χ3n) is 3.44. The lowest BCUT2D eigenvalue weighted by molar-refractivity contribution is -0.121. The highest BCUT2D eigenvalue weighted by molar-refractivity contribution is 5.92. The van der Waals surface area contributed by atoms with Crippen LogP contribution in [0.25, 0.3) is 0 Å². The molecule has 0 saturated carbocycles. The molecule has 1 aromatic carbocycles. The van der Waals surface area contributed by atoms with Crippen LogP contribution >= 0.6 is 0 Å². The molecule has 0 bridgehead atoms. The maximum Gasteiger partial charge on any atom is 0.223 e. The van der Waals surface area contributed by atoms with Gasteiger partial charge in [-0.25, -0.2) is 0 Å². The van der Waals surface area contributed by atoms with E-state index in [1.165, 1.54) is 5.56 Å². The van der Waals surface area contributed by atoms with Gasteiger partial charge in [-0.15, -0.1) is 0 Å². The van der Waals surface area contributed by atoms with Crippen molar-refractivity contribution in [2.75, 3.05) is 18.0 Å². The Balaban J connectivity index is 2.62. The quantitative estimate of drug-likeness (QED) is 0.839. The molecule has 0 fully saturated rings. The zero-order valence-electron chi connectivity index (χ0n) is 13.5.